The monoisotopic (exact) mass is 352 g/mol. The minimum atomic E-state index is -3.26. The Morgan fingerprint density at radius 3 is 2.32 bits per heavy atom. The third kappa shape index (κ3) is 4.25. The molecule has 3 rings (SSSR count). The van der Waals surface area contributed by atoms with Crippen LogP contribution >= 0.6 is 0 Å². The molecule has 0 bridgehead atoms. The molecule has 1 atom stereocenters. The summed E-state index contributed by atoms with van der Waals surface area (Å²) in [5.74, 6) is 0. The molecular weight excluding hydrogens is 332 g/mol. The summed E-state index contributed by atoms with van der Waals surface area (Å²) in [7, 11) is -3.26. The zero-order chi connectivity index (χ0) is 17.9. The molecule has 0 aliphatic carbocycles. The molecule has 128 valence electrons. The van der Waals surface area contributed by atoms with Crippen molar-refractivity contribution in [2.75, 3.05) is 11.6 Å². The zero-order valence-corrected chi connectivity index (χ0v) is 15.0. The lowest BCUT2D eigenvalue weighted by atomic mass is 9.98. The Morgan fingerprint density at radius 1 is 0.920 bits per heavy atom. The molecule has 0 spiro atoms. The topological polar surface area (TPSA) is 59.1 Å². The Kier molecular flexibility index (Phi) is 4.86. The fourth-order valence-electron chi connectivity index (χ4n) is 2.73. The summed E-state index contributed by atoms with van der Waals surface area (Å²) in [4.78, 5) is 4.54. The second-order valence-electron chi connectivity index (χ2n) is 6.02. The van der Waals surface area contributed by atoms with Gasteiger partial charge in [-0.2, -0.15) is 0 Å². The number of benzene rings is 2. The Morgan fingerprint density at radius 2 is 1.64 bits per heavy atom. The molecule has 2 aromatic carbocycles. The van der Waals surface area contributed by atoms with Crippen LogP contribution in [-0.4, -0.2) is 19.7 Å². The fraction of sp³-hybridized carbons (Fsp3) is 0.150. The molecule has 4 nitrogen and oxygen atoms in total. The van der Waals surface area contributed by atoms with E-state index in [-0.39, 0.29) is 6.04 Å². The van der Waals surface area contributed by atoms with Gasteiger partial charge < -0.3 is 5.32 Å². The summed E-state index contributed by atoms with van der Waals surface area (Å²) in [6, 6.07) is 20.7. The average molecular weight is 352 g/mol. The van der Waals surface area contributed by atoms with Crippen LogP contribution in [0.1, 0.15) is 22.9 Å². The van der Waals surface area contributed by atoms with E-state index >= 15 is 0 Å². The smallest absolute Gasteiger partial charge is 0.175 e. The highest BCUT2D eigenvalue weighted by Gasteiger charge is 2.16. The van der Waals surface area contributed by atoms with Gasteiger partial charge in [0, 0.05) is 23.8 Å². The number of sulfone groups is 1. The van der Waals surface area contributed by atoms with Crippen molar-refractivity contribution in [3.63, 3.8) is 0 Å². The maximum Gasteiger partial charge on any atom is 0.175 e. The molecule has 0 saturated heterocycles. The van der Waals surface area contributed by atoms with E-state index in [1.807, 2.05) is 55.5 Å². The molecule has 5 heteroatoms. The van der Waals surface area contributed by atoms with Crippen molar-refractivity contribution >= 4 is 15.5 Å². The Hall–Kier alpha value is -2.66. The van der Waals surface area contributed by atoms with Crippen molar-refractivity contribution < 1.29 is 8.42 Å². The lowest BCUT2D eigenvalue weighted by Crippen LogP contribution is -2.13. The van der Waals surface area contributed by atoms with Gasteiger partial charge >= 0.3 is 0 Å². The summed E-state index contributed by atoms with van der Waals surface area (Å²) in [5, 5.41) is 3.50. The minimum absolute atomic E-state index is 0.162. The summed E-state index contributed by atoms with van der Waals surface area (Å²) in [6.45, 7) is 1.94. The standard InChI is InChI=1S/C20H20N2O2S/c1-15-13-18(11-12-21-15)22-20(16-7-4-3-5-8-16)17-9-6-10-19(14-17)25(2,23)24/h3-14,20H,1-2H3,(H,21,22). The van der Waals surface area contributed by atoms with E-state index < -0.39 is 9.84 Å². The van der Waals surface area contributed by atoms with Crippen LogP contribution in [0.3, 0.4) is 0 Å². The molecule has 0 aliphatic rings. The zero-order valence-electron chi connectivity index (χ0n) is 14.2. The number of aryl methyl sites for hydroxylation is 1. The molecule has 25 heavy (non-hydrogen) atoms. The number of rotatable bonds is 5. The number of aromatic nitrogens is 1. The van der Waals surface area contributed by atoms with Crippen molar-refractivity contribution in [2.24, 2.45) is 0 Å². The minimum Gasteiger partial charge on any atom is -0.374 e. The third-order valence-corrected chi connectivity index (χ3v) is 5.07. The SMILES string of the molecule is Cc1cc(NC(c2ccccc2)c2cccc(S(C)(=O)=O)c2)ccn1. The number of pyridine rings is 1. The quantitative estimate of drug-likeness (QED) is 0.754. The van der Waals surface area contributed by atoms with Crippen LogP contribution in [0.4, 0.5) is 5.69 Å². The van der Waals surface area contributed by atoms with Crippen LogP contribution < -0.4 is 5.32 Å². The van der Waals surface area contributed by atoms with E-state index in [0.717, 1.165) is 22.5 Å². The molecule has 1 N–H and O–H groups in total. The van der Waals surface area contributed by atoms with E-state index in [1.165, 1.54) is 6.26 Å². The van der Waals surface area contributed by atoms with Gasteiger partial charge in [-0.1, -0.05) is 42.5 Å². The normalized spacial score (nSPS) is 12.6. The Labute approximate surface area is 148 Å². The van der Waals surface area contributed by atoms with E-state index in [1.54, 1.807) is 24.4 Å². The predicted molar refractivity (Wildman–Crippen MR) is 100 cm³/mol. The van der Waals surface area contributed by atoms with Gasteiger partial charge in [-0.3, -0.25) is 4.98 Å². The van der Waals surface area contributed by atoms with Gasteiger partial charge in [0.1, 0.15) is 0 Å². The maximum absolute atomic E-state index is 11.9. The lowest BCUT2D eigenvalue weighted by molar-refractivity contribution is 0.601. The van der Waals surface area contributed by atoms with E-state index in [4.69, 9.17) is 0 Å². The van der Waals surface area contributed by atoms with E-state index in [2.05, 4.69) is 10.3 Å². The van der Waals surface area contributed by atoms with Gasteiger partial charge in [0.05, 0.1) is 10.9 Å². The lowest BCUT2D eigenvalue weighted by Gasteiger charge is -2.22. The van der Waals surface area contributed by atoms with Crippen molar-refractivity contribution in [1.82, 2.24) is 4.98 Å². The highest BCUT2D eigenvalue weighted by Crippen LogP contribution is 2.28. The number of hydrogen-bond acceptors (Lipinski definition) is 4. The first-order valence-corrected chi connectivity index (χ1v) is 9.87. The molecular formula is C20H20N2O2S. The molecule has 1 unspecified atom stereocenters. The number of nitrogens with zero attached hydrogens (tertiary/aromatic N) is 1. The van der Waals surface area contributed by atoms with Gasteiger partial charge in [0.15, 0.2) is 9.84 Å². The molecule has 0 saturated carbocycles. The van der Waals surface area contributed by atoms with Crippen LogP contribution in [0.5, 0.6) is 0 Å². The highest BCUT2D eigenvalue weighted by atomic mass is 32.2. The first-order chi connectivity index (χ1) is 11.9. The molecule has 0 aliphatic heterocycles. The number of anilines is 1. The van der Waals surface area contributed by atoms with Crippen LogP contribution in [0.15, 0.2) is 77.8 Å². The second-order valence-corrected chi connectivity index (χ2v) is 8.03. The highest BCUT2D eigenvalue weighted by molar-refractivity contribution is 7.90. The summed E-state index contributed by atoms with van der Waals surface area (Å²) < 4.78 is 23.8. The van der Waals surface area contributed by atoms with Crippen molar-refractivity contribution in [2.45, 2.75) is 17.9 Å². The van der Waals surface area contributed by atoms with Crippen molar-refractivity contribution in [3.05, 3.63) is 89.7 Å². The van der Waals surface area contributed by atoms with Gasteiger partial charge in [0.2, 0.25) is 0 Å². The van der Waals surface area contributed by atoms with Gasteiger partial charge in [-0.05, 0) is 42.3 Å². The number of hydrogen-bond donors (Lipinski definition) is 1. The number of nitrogens with one attached hydrogen (secondary N) is 1. The van der Waals surface area contributed by atoms with Crippen molar-refractivity contribution in [1.29, 1.82) is 0 Å². The van der Waals surface area contributed by atoms with Gasteiger partial charge in [-0.15, -0.1) is 0 Å². The molecule has 0 amide bonds. The third-order valence-electron chi connectivity index (χ3n) is 3.96. The van der Waals surface area contributed by atoms with Crippen LogP contribution in [0.25, 0.3) is 0 Å². The Balaban J connectivity index is 2.06. The van der Waals surface area contributed by atoms with Crippen LogP contribution in [0.2, 0.25) is 0 Å². The summed E-state index contributed by atoms with van der Waals surface area (Å²) in [5.41, 5.74) is 3.80. The first kappa shape index (κ1) is 17.2. The average Bonchev–Trinajstić information content (AvgIpc) is 2.60. The maximum atomic E-state index is 11.9. The predicted octanol–water partition coefficient (Wildman–Crippen LogP) is 4.00. The largest absolute Gasteiger partial charge is 0.374 e. The molecule has 3 aromatic rings. The summed E-state index contributed by atoms with van der Waals surface area (Å²) >= 11 is 0. The van der Waals surface area contributed by atoms with Crippen molar-refractivity contribution in [3.8, 4) is 0 Å². The van der Waals surface area contributed by atoms with E-state index in [9.17, 15) is 8.42 Å². The molecule has 0 radical (unpaired) electrons. The van der Waals surface area contributed by atoms with Gasteiger partial charge in [-0.25, -0.2) is 8.42 Å². The second kappa shape index (κ2) is 7.07. The fourth-order valence-corrected chi connectivity index (χ4v) is 3.41. The first-order valence-electron chi connectivity index (χ1n) is 7.97. The molecule has 1 heterocycles. The van der Waals surface area contributed by atoms with Crippen LogP contribution in [-0.2, 0) is 9.84 Å². The van der Waals surface area contributed by atoms with Gasteiger partial charge in [0.25, 0.3) is 0 Å². The summed E-state index contributed by atoms with van der Waals surface area (Å²) in [6.07, 6.45) is 2.98. The van der Waals surface area contributed by atoms with E-state index in [0.29, 0.717) is 4.90 Å². The Bertz CT molecular complexity index is 970. The van der Waals surface area contributed by atoms with Crippen LogP contribution in [0, 0.1) is 6.92 Å². The molecule has 0 fully saturated rings. The molecule has 1 aromatic heterocycles.